The van der Waals surface area contributed by atoms with E-state index in [0.29, 0.717) is 13.2 Å². The maximum atomic E-state index is 10.7. The fourth-order valence-corrected chi connectivity index (χ4v) is 2.42. The van der Waals surface area contributed by atoms with Crippen LogP contribution in [-0.4, -0.2) is 4.92 Å². The van der Waals surface area contributed by atoms with Crippen LogP contribution in [0.3, 0.4) is 0 Å². The van der Waals surface area contributed by atoms with E-state index in [1.165, 1.54) is 12.1 Å². The molecule has 3 aromatic carbocycles. The Morgan fingerprint density at radius 1 is 0.880 bits per heavy atom. The Hall–Kier alpha value is -3.34. The van der Waals surface area contributed by atoms with Crippen molar-refractivity contribution in [1.82, 2.24) is 0 Å². The van der Waals surface area contributed by atoms with Crippen LogP contribution in [0.15, 0.2) is 78.9 Å². The van der Waals surface area contributed by atoms with E-state index in [9.17, 15) is 10.1 Å². The van der Waals surface area contributed by atoms with Crippen molar-refractivity contribution in [3.63, 3.8) is 0 Å². The summed E-state index contributed by atoms with van der Waals surface area (Å²) >= 11 is 0. The molecule has 25 heavy (non-hydrogen) atoms. The molecule has 0 aliphatic carbocycles. The molecule has 0 bridgehead atoms. The normalized spacial score (nSPS) is 10.2. The minimum absolute atomic E-state index is 0.0807. The number of para-hydroxylation sites is 1. The van der Waals surface area contributed by atoms with Crippen LogP contribution < -0.4 is 10.1 Å². The first kappa shape index (κ1) is 16.5. The zero-order valence-electron chi connectivity index (χ0n) is 13.6. The van der Waals surface area contributed by atoms with Gasteiger partial charge < -0.3 is 10.1 Å². The molecule has 0 aliphatic rings. The lowest BCUT2D eigenvalue weighted by Crippen LogP contribution is -2.03. The van der Waals surface area contributed by atoms with E-state index in [4.69, 9.17) is 4.74 Å². The lowest BCUT2D eigenvalue weighted by molar-refractivity contribution is -0.384. The molecule has 0 radical (unpaired) electrons. The van der Waals surface area contributed by atoms with E-state index in [0.717, 1.165) is 22.6 Å². The molecule has 0 fully saturated rings. The molecule has 5 heteroatoms. The summed E-state index contributed by atoms with van der Waals surface area (Å²) in [5, 5.41) is 14.0. The highest BCUT2D eigenvalue weighted by molar-refractivity contribution is 5.49. The molecule has 5 nitrogen and oxygen atoms in total. The second-order valence-corrected chi connectivity index (χ2v) is 5.54. The smallest absolute Gasteiger partial charge is 0.269 e. The number of nitrogens with zero attached hydrogens (tertiary/aromatic N) is 1. The summed E-state index contributed by atoms with van der Waals surface area (Å²) in [5.74, 6) is 0.820. The summed E-state index contributed by atoms with van der Waals surface area (Å²) in [5.41, 5.74) is 3.04. The fourth-order valence-electron chi connectivity index (χ4n) is 2.42. The Morgan fingerprint density at radius 2 is 1.56 bits per heavy atom. The van der Waals surface area contributed by atoms with Gasteiger partial charge in [-0.05, 0) is 23.8 Å². The van der Waals surface area contributed by atoms with Gasteiger partial charge in [-0.25, -0.2) is 0 Å². The fraction of sp³-hybridized carbons (Fsp3) is 0.100. The minimum Gasteiger partial charge on any atom is -0.489 e. The van der Waals surface area contributed by atoms with E-state index in [1.54, 1.807) is 12.1 Å². The van der Waals surface area contributed by atoms with Crippen molar-refractivity contribution in [3.05, 3.63) is 100 Å². The molecule has 0 saturated heterocycles. The molecular weight excluding hydrogens is 316 g/mol. The van der Waals surface area contributed by atoms with Gasteiger partial charge in [-0.3, -0.25) is 10.1 Å². The molecule has 0 spiro atoms. The van der Waals surface area contributed by atoms with Crippen LogP contribution in [0, 0.1) is 10.1 Å². The van der Waals surface area contributed by atoms with Crippen molar-refractivity contribution in [2.75, 3.05) is 5.32 Å². The van der Waals surface area contributed by atoms with Crippen LogP contribution in [-0.2, 0) is 13.2 Å². The molecule has 0 unspecified atom stereocenters. The monoisotopic (exact) mass is 334 g/mol. The minimum atomic E-state index is -0.406. The third kappa shape index (κ3) is 4.57. The van der Waals surface area contributed by atoms with Crippen molar-refractivity contribution in [2.45, 2.75) is 13.2 Å². The molecular formula is C20H18N2O3. The lowest BCUT2D eigenvalue weighted by Gasteiger charge is -2.13. The average Bonchev–Trinajstić information content (AvgIpc) is 2.66. The Labute approximate surface area is 146 Å². The zero-order valence-corrected chi connectivity index (χ0v) is 13.6. The third-order valence-electron chi connectivity index (χ3n) is 3.77. The van der Waals surface area contributed by atoms with E-state index in [1.807, 2.05) is 54.6 Å². The number of hydrogen-bond donors (Lipinski definition) is 1. The van der Waals surface area contributed by atoms with Gasteiger partial charge in [0.15, 0.2) is 0 Å². The second kappa shape index (κ2) is 7.97. The quantitative estimate of drug-likeness (QED) is 0.498. The summed E-state index contributed by atoms with van der Waals surface area (Å²) in [6.07, 6.45) is 0. The number of anilines is 1. The highest BCUT2D eigenvalue weighted by Gasteiger charge is 2.06. The van der Waals surface area contributed by atoms with Crippen LogP contribution in [0.2, 0.25) is 0 Å². The van der Waals surface area contributed by atoms with Gasteiger partial charge in [0.25, 0.3) is 5.69 Å². The number of hydrogen-bond acceptors (Lipinski definition) is 4. The number of nitrogens with one attached hydrogen (secondary N) is 1. The standard InChI is InChI=1S/C20H18N2O3/c23-22(24)19-12-10-18(11-13-19)21-14-17-8-4-5-9-20(17)25-15-16-6-2-1-3-7-16/h1-13,21H,14-15H2. The van der Waals surface area contributed by atoms with E-state index < -0.39 is 4.92 Å². The molecule has 0 aliphatic heterocycles. The van der Waals surface area contributed by atoms with Crippen LogP contribution in [0.4, 0.5) is 11.4 Å². The highest BCUT2D eigenvalue weighted by Crippen LogP contribution is 2.22. The van der Waals surface area contributed by atoms with Crippen molar-refractivity contribution in [1.29, 1.82) is 0 Å². The third-order valence-corrected chi connectivity index (χ3v) is 3.77. The molecule has 0 saturated carbocycles. The second-order valence-electron chi connectivity index (χ2n) is 5.54. The predicted octanol–water partition coefficient (Wildman–Crippen LogP) is 4.79. The molecule has 3 aromatic rings. The Morgan fingerprint density at radius 3 is 2.28 bits per heavy atom. The van der Waals surface area contributed by atoms with Gasteiger partial charge in [-0.1, -0.05) is 48.5 Å². The highest BCUT2D eigenvalue weighted by atomic mass is 16.6. The molecule has 1 N–H and O–H groups in total. The van der Waals surface area contributed by atoms with Crippen molar-refractivity contribution < 1.29 is 9.66 Å². The van der Waals surface area contributed by atoms with E-state index >= 15 is 0 Å². The Balaban J connectivity index is 1.63. The van der Waals surface area contributed by atoms with Crippen LogP contribution in [0.5, 0.6) is 5.75 Å². The number of nitro benzene ring substituents is 1. The summed E-state index contributed by atoms with van der Waals surface area (Å²) in [4.78, 5) is 10.3. The van der Waals surface area contributed by atoms with Crippen molar-refractivity contribution in [2.24, 2.45) is 0 Å². The maximum absolute atomic E-state index is 10.7. The summed E-state index contributed by atoms with van der Waals surface area (Å²) in [6, 6.07) is 24.2. The zero-order chi connectivity index (χ0) is 17.5. The van der Waals surface area contributed by atoms with Gasteiger partial charge >= 0.3 is 0 Å². The lowest BCUT2D eigenvalue weighted by atomic mass is 10.2. The van der Waals surface area contributed by atoms with Crippen molar-refractivity contribution >= 4 is 11.4 Å². The Bertz CT molecular complexity index is 833. The summed E-state index contributed by atoms with van der Waals surface area (Å²) < 4.78 is 5.93. The first-order valence-corrected chi connectivity index (χ1v) is 7.95. The molecule has 0 heterocycles. The molecule has 0 amide bonds. The SMILES string of the molecule is O=[N+]([O-])c1ccc(NCc2ccccc2OCc2ccccc2)cc1. The summed E-state index contributed by atoms with van der Waals surface area (Å²) in [7, 11) is 0. The number of non-ortho nitro benzene ring substituents is 1. The number of ether oxygens (including phenoxy) is 1. The number of nitro groups is 1. The van der Waals surface area contributed by atoms with Gasteiger partial charge in [0.1, 0.15) is 12.4 Å². The predicted molar refractivity (Wildman–Crippen MR) is 97.6 cm³/mol. The first-order chi connectivity index (χ1) is 12.2. The van der Waals surface area contributed by atoms with Crippen LogP contribution in [0.25, 0.3) is 0 Å². The number of rotatable bonds is 7. The molecule has 3 rings (SSSR count). The number of benzene rings is 3. The maximum Gasteiger partial charge on any atom is 0.269 e. The van der Waals surface area contributed by atoms with Crippen LogP contribution in [0.1, 0.15) is 11.1 Å². The molecule has 126 valence electrons. The molecule has 0 atom stereocenters. The van der Waals surface area contributed by atoms with Gasteiger partial charge in [0, 0.05) is 29.9 Å². The summed E-state index contributed by atoms with van der Waals surface area (Å²) in [6.45, 7) is 1.08. The largest absolute Gasteiger partial charge is 0.489 e. The van der Waals surface area contributed by atoms with Gasteiger partial charge in [-0.2, -0.15) is 0 Å². The van der Waals surface area contributed by atoms with Gasteiger partial charge in [0.2, 0.25) is 0 Å². The van der Waals surface area contributed by atoms with E-state index in [-0.39, 0.29) is 5.69 Å². The molecule has 0 aromatic heterocycles. The van der Waals surface area contributed by atoms with Crippen molar-refractivity contribution in [3.8, 4) is 5.75 Å². The van der Waals surface area contributed by atoms with Crippen LogP contribution >= 0.6 is 0 Å². The van der Waals surface area contributed by atoms with Gasteiger partial charge in [0.05, 0.1) is 4.92 Å². The first-order valence-electron chi connectivity index (χ1n) is 7.95. The Kier molecular flexibility index (Phi) is 5.26. The average molecular weight is 334 g/mol. The van der Waals surface area contributed by atoms with Gasteiger partial charge in [-0.15, -0.1) is 0 Å². The topological polar surface area (TPSA) is 64.4 Å². The van der Waals surface area contributed by atoms with E-state index in [2.05, 4.69) is 5.32 Å².